The van der Waals surface area contributed by atoms with E-state index in [1.165, 1.54) is 19.4 Å². The lowest BCUT2D eigenvalue weighted by Gasteiger charge is -2.29. The zero-order chi connectivity index (χ0) is 13.9. The first-order chi connectivity index (χ1) is 9.72. The summed E-state index contributed by atoms with van der Waals surface area (Å²) < 4.78 is 0. The summed E-state index contributed by atoms with van der Waals surface area (Å²) in [5, 5.41) is 4.15. The normalized spacial score (nSPS) is 20.1. The fraction of sp³-hybridized carbons (Fsp3) is 0.438. The van der Waals surface area contributed by atoms with Crippen LogP contribution in [0.25, 0.3) is 10.9 Å². The maximum absolute atomic E-state index is 12.2. The molecule has 20 heavy (non-hydrogen) atoms. The molecule has 2 heterocycles. The van der Waals surface area contributed by atoms with Gasteiger partial charge in [0.15, 0.2) is 0 Å². The Morgan fingerprint density at radius 2 is 2.35 bits per heavy atom. The molecule has 1 aromatic carbocycles. The summed E-state index contributed by atoms with van der Waals surface area (Å²) in [5.74, 6) is 0.606. The van der Waals surface area contributed by atoms with Crippen molar-refractivity contribution in [2.24, 2.45) is 5.92 Å². The fourth-order valence-corrected chi connectivity index (χ4v) is 2.97. The first-order valence-electron chi connectivity index (χ1n) is 7.26. The third kappa shape index (κ3) is 2.85. The van der Waals surface area contributed by atoms with Gasteiger partial charge in [-0.15, -0.1) is 0 Å². The molecule has 0 bridgehead atoms. The molecule has 1 saturated heterocycles. The van der Waals surface area contributed by atoms with Crippen LogP contribution >= 0.6 is 0 Å². The fourth-order valence-electron chi connectivity index (χ4n) is 2.97. The number of hydrogen-bond donors (Lipinski definition) is 2. The molecule has 3 rings (SSSR count). The number of piperidine rings is 1. The summed E-state index contributed by atoms with van der Waals surface area (Å²) in [4.78, 5) is 17.7. The second kappa shape index (κ2) is 5.67. The number of aromatic amines is 1. The Morgan fingerprint density at radius 1 is 1.45 bits per heavy atom. The first-order valence-corrected chi connectivity index (χ1v) is 7.26. The Morgan fingerprint density at radius 3 is 3.20 bits per heavy atom. The quantitative estimate of drug-likeness (QED) is 0.899. The van der Waals surface area contributed by atoms with Gasteiger partial charge in [0, 0.05) is 35.8 Å². The maximum Gasteiger partial charge on any atom is 0.251 e. The van der Waals surface area contributed by atoms with E-state index < -0.39 is 0 Å². The Bertz CT molecular complexity index is 605. The number of benzene rings is 1. The molecule has 1 fully saturated rings. The highest BCUT2D eigenvalue weighted by Crippen LogP contribution is 2.16. The molecule has 2 aromatic rings. The van der Waals surface area contributed by atoms with Crippen LogP contribution in [0.2, 0.25) is 0 Å². The third-order valence-electron chi connectivity index (χ3n) is 4.09. The van der Waals surface area contributed by atoms with Crippen molar-refractivity contribution in [2.45, 2.75) is 12.8 Å². The highest BCUT2D eigenvalue weighted by Gasteiger charge is 2.18. The average molecular weight is 271 g/mol. The van der Waals surface area contributed by atoms with E-state index in [0.29, 0.717) is 5.92 Å². The van der Waals surface area contributed by atoms with Crippen molar-refractivity contribution in [3.63, 3.8) is 0 Å². The lowest BCUT2D eigenvalue weighted by molar-refractivity contribution is 0.0937. The Labute approximate surface area is 119 Å². The van der Waals surface area contributed by atoms with Crippen LogP contribution < -0.4 is 5.32 Å². The number of rotatable bonds is 3. The van der Waals surface area contributed by atoms with Gasteiger partial charge in [-0.05, 0) is 56.6 Å². The zero-order valence-electron chi connectivity index (χ0n) is 11.9. The van der Waals surface area contributed by atoms with Gasteiger partial charge in [0.05, 0.1) is 0 Å². The maximum atomic E-state index is 12.2. The molecule has 106 valence electrons. The van der Waals surface area contributed by atoms with Gasteiger partial charge in [0.25, 0.3) is 5.91 Å². The Balaban J connectivity index is 1.60. The largest absolute Gasteiger partial charge is 0.361 e. The molecule has 0 aliphatic carbocycles. The number of carbonyl (C=O) groups excluding carboxylic acids is 1. The number of H-pyrrole nitrogens is 1. The monoisotopic (exact) mass is 271 g/mol. The number of fused-ring (bicyclic) bond motifs is 1. The SMILES string of the molecule is CN1CCCC(CNC(=O)c2ccc3[nH]ccc3c2)C1. The second-order valence-corrected chi connectivity index (χ2v) is 5.76. The van der Waals surface area contributed by atoms with E-state index >= 15 is 0 Å². The van der Waals surface area contributed by atoms with E-state index in [1.54, 1.807) is 0 Å². The van der Waals surface area contributed by atoms with Gasteiger partial charge in [-0.25, -0.2) is 0 Å². The summed E-state index contributed by atoms with van der Waals surface area (Å²) in [6, 6.07) is 7.76. The van der Waals surface area contributed by atoms with Crippen molar-refractivity contribution in [1.82, 2.24) is 15.2 Å². The molecule has 0 saturated carbocycles. The van der Waals surface area contributed by atoms with Gasteiger partial charge in [0.2, 0.25) is 0 Å². The highest BCUT2D eigenvalue weighted by molar-refractivity contribution is 5.98. The van der Waals surface area contributed by atoms with E-state index in [2.05, 4.69) is 22.2 Å². The van der Waals surface area contributed by atoms with Crippen LogP contribution in [-0.2, 0) is 0 Å². The molecule has 1 aliphatic rings. The van der Waals surface area contributed by atoms with Crippen LogP contribution in [0.1, 0.15) is 23.2 Å². The average Bonchev–Trinajstić information content (AvgIpc) is 2.92. The molecular weight excluding hydrogens is 250 g/mol. The molecular formula is C16H21N3O. The lowest BCUT2D eigenvalue weighted by atomic mass is 9.98. The van der Waals surface area contributed by atoms with Gasteiger partial charge in [0.1, 0.15) is 0 Å². The van der Waals surface area contributed by atoms with Crippen molar-refractivity contribution < 1.29 is 4.79 Å². The minimum atomic E-state index is 0.0290. The number of nitrogens with zero attached hydrogens (tertiary/aromatic N) is 1. The van der Waals surface area contributed by atoms with Gasteiger partial charge >= 0.3 is 0 Å². The van der Waals surface area contributed by atoms with Gasteiger partial charge in [-0.3, -0.25) is 4.79 Å². The van der Waals surface area contributed by atoms with Crippen LogP contribution in [0.5, 0.6) is 0 Å². The molecule has 0 spiro atoms. The second-order valence-electron chi connectivity index (χ2n) is 5.76. The summed E-state index contributed by atoms with van der Waals surface area (Å²) in [5.41, 5.74) is 1.80. The summed E-state index contributed by atoms with van der Waals surface area (Å²) in [6.07, 6.45) is 4.33. The number of hydrogen-bond acceptors (Lipinski definition) is 2. The van der Waals surface area contributed by atoms with Crippen LogP contribution in [0.3, 0.4) is 0 Å². The van der Waals surface area contributed by atoms with Crippen LogP contribution in [0, 0.1) is 5.92 Å². The molecule has 4 heteroatoms. The van der Waals surface area contributed by atoms with Crippen LogP contribution in [-0.4, -0.2) is 42.5 Å². The van der Waals surface area contributed by atoms with Gasteiger partial charge in [-0.2, -0.15) is 0 Å². The van der Waals surface area contributed by atoms with Crippen molar-refractivity contribution in [3.8, 4) is 0 Å². The minimum Gasteiger partial charge on any atom is -0.361 e. The predicted octanol–water partition coefficient (Wildman–Crippen LogP) is 2.24. The standard InChI is InChI=1S/C16H21N3O/c1-19-8-2-3-12(11-19)10-18-16(20)14-4-5-15-13(9-14)6-7-17-15/h4-7,9,12,17H,2-3,8,10-11H2,1H3,(H,18,20). The van der Waals surface area contributed by atoms with Crippen LogP contribution in [0.4, 0.5) is 0 Å². The Kier molecular flexibility index (Phi) is 3.74. The molecule has 2 N–H and O–H groups in total. The van der Waals surface area contributed by atoms with Gasteiger partial charge < -0.3 is 15.2 Å². The molecule has 0 radical (unpaired) electrons. The smallest absolute Gasteiger partial charge is 0.251 e. The number of carbonyl (C=O) groups is 1. The number of nitrogens with one attached hydrogen (secondary N) is 2. The van der Waals surface area contributed by atoms with E-state index in [4.69, 9.17) is 0 Å². The van der Waals surface area contributed by atoms with Crippen molar-refractivity contribution in [2.75, 3.05) is 26.7 Å². The van der Waals surface area contributed by atoms with Crippen molar-refractivity contribution in [3.05, 3.63) is 36.0 Å². The zero-order valence-corrected chi connectivity index (χ0v) is 11.9. The number of aromatic nitrogens is 1. The first kappa shape index (κ1) is 13.2. The molecule has 1 amide bonds. The molecule has 1 aliphatic heterocycles. The van der Waals surface area contributed by atoms with E-state index in [0.717, 1.165) is 29.6 Å². The van der Waals surface area contributed by atoms with Gasteiger partial charge in [-0.1, -0.05) is 0 Å². The van der Waals surface area contributed by atoms with E-state index in [9.17, 15) is 4.79 Å². The van der Waals surface area contributed by atoms with Crippen LogP contribution in [0.15, 0.2) is 30.5 Å². The molecule has 1 unspecified atom stereocenters. The van der Waals surface area contributed by atoms with E-state index in [-0.39, 0.29) is 5.91 Å². The summed E-state index contributed by atoms with van der Waals surface area (Å²) in [7, 11) is 2.15. The number of amides is 1. The number of likely N-dealkylation sites (tertiary alicyclic amines) is 1. The predicted molar refractivity (Wildman–Crippen MR) is 80.9 cm³/mol. The van der Waals surface area contributed by atoms with Crippen molar-refractivity contribution in [1.29, 1.82) is 0 Å². The molecule has 4 nitrogen and oxygen atoms in total. The summed E-state index contributed by atoms with van der Waals surface area (Å²) >= 11 is 0. The third-order valence-corrected chi connectivity index (χ3v) is 4.09. The summed E-state index contributed by atoms with van der Waals surface area (Å²) in [6.45, 7) is 3.03. The molecule has 1 atom stereocenters. The Hall–Kier alpha value is -1.81. The highest BCUT2D eigenvalue weighted by atomic mass is 16.1. The topological polar surface area (TPSA) is 48.1 Å². The minimum absolute atomic E-state index is 0.0290. The van der Waals surface area contributed by atoms with E-state index in [1.807, 2.05) is 30.5 Å². The molecule has 1 aromatic heterocycles. The lowest BCUT2D eigenvalue weighted by Crippen LogP contribution is -2.39. The van der Waals surface area contributed by atoms with Crippen molar-refractivity contribution >= 4 is 16.8 Å².